The molecule has 0 saturated carbocycles. The van der Waals surface area contributed by atoms with E-state index >= 15 is 0 Å². The van der Waals surface area contributed by atoms with Gasteiger partial charge in [0, 0.05) is 30.2 Å². The van der Waals surface area contributed by atoms with Gasteiger partial charge >= 0.3 is 5.97 Å². The summed E-state index contributed by atoms with van der Waals surface area (Å²) in [6.45, 7) is 3.11. The number of fused-ring (bicyclic) bond motifs is 1. The van der Waals surface area contributed by atoms with Crippen LogP contribution in [0.25, 0.3) is 10.9 Å². The standard InChI is InChI=1S/C15H16N2O4/c1-20-14-9-13(15(18)19)16-12-3-2-10(8-11(12)14)17-4-6-21-7-5-17/h2-3,8-9H,4-7H2,1H3,(H,18,19). The molecule has 1 aliphatic heterocycles. The fourth-order valence-corrected chi connectivity index (χ4v) is 2.48. The highest BCUT2D eigenvalue weighted by atomic mass is 16.5. The number of benzene rings is 1. The summed E-state index contributed by atoms with van der Waals surface area (Å²) in [6.07, 6.45) is 0. The molecule has 0 spiro atoms. The van der Waals surface area contributed by atoms with E-state index in [-0.39, 0.29) is 5.69 Å². The Labute approximate surface area is 121 Å². The number of rotatable bonds is 3. The van der Waals surface area contributed by atoms with Crippen LogP contribution in [0.15, 0.2) is 24.3 Å². The smallest absolute Gasteiger partial charge is 0.354 e. The van der Waals surface area contributed by atoms with E-state index < -0.39 is 5.97 Å². The molecule has 0 atom stereocenters. The molecule has 0 unspecified atom stereocenters. The number of anilines is 1. The molecule has 21 heavy (non-hydrogen) atoms. The molecular formula is C15H16N2O4. The van der Waals surface area contributed by atoms with E-state index in [0.717, 1.165) is 24.2 Å². The van der Waals surface area contributed by atoms with E-state index in [2.05, 4.69) is 9.88 Å². The number of pyridine rings is 1. The second-order valence-corrected chi connectivity index (χ2v) is 4.82. The molecule has 0 amide bonds. The van der Waals surface area contributed by atoms with Gasteiger partial charge in [-0.1, -0.05) is 0 Å². The highest BCUT2D eigenvalue weighted by Gasteiger charge is 2.15. The maximum atomic E-state index is 11.1. The minimum Gasteiger partial charge on any atom is -0.496 e. The molecule has 1 N–H and O–H groups in total. The molecule has 1 fully saturated rings. The van der Waals surface area contributed by atoms with Crippen LogP contribution in [0.2, 0.25) is 0 Å². The van der Waals surface area contributed by atoms with Crippen molar-refractivity contribution >= 4 is 22.6 Å². The van der Waals surface area contributed by atoms with Crippen LogP contribution in [0.1, 0.15) is 10.5 Å². The van der Waals surface area contributed by atoms with Crippen molar-refractivity contribution in [3.8, 4) is 5.75 Å². The summed E-state index contributed by atoms with van der Waals surface area (Å²) < 4.78 is 10.7. The Morgan fingerprint density at radius 1 is 1.33 bits per heavy atom. The van der Waals surface area contributed by atoms with Gasteiger partial charge < -0.3 is 19.5 Å². The summed E-state index contributed by atoms with van der Waals surface area (Å²) in [5, 5.41) is 9.89. The summed E-state index contributed by atoms with van der Waals surface area (Å²) >= 11 is 0. The Morgan fingerprint density at radius 2 is 2.10 bits per heavy atom. The molecule has 1 saturated heterocycles. The average Bonchev–Trinajstić information content (AvgIpc) is 2.54. The quantitative estimate of drug-likeness (QED) is 0.928. The van der Waals surface area contributed by atoms with Gasteiger partial charge in [0.15, 0.2) is 5.69 Å². The Bertz CT molecular complexity index is 681. The molecule has 3 rings (SSSR count). The molecule has 2 aromatic rings. The van der Waals surface area contributed by atoms with Gasteiger partial charge in [-0.3, -0.25) is 0 Å². The van der Waals surface area contributed by atoms with Crippen LogP contribution in [0.5, 0.6) is 5.75 Å². The van der Waals surface area contributed by atoms with Crippen molar-refractivity contribution < 1.29 is 19.4 Å². The number of morpholine rings is 1. The number of methoxy groups -OCH3 is 1. The SMILES string of the molecule is COc1cc(C(=O)O)nc2ccc(N3CCOCC3)cc12. The Balaban J connectivity index is 2.07. The third-order valence-corrected chi connectivity index (χ3v) is 3.57. The molecule has 0 aliphatic carbocycles. The van der Waals surface area contributed by atoms with Crippen molar-refractivity contribution in [2.45, 2.75) is 0 Å². The van der Waals surface area contributed by atoms with Crippen molar-refractivity contribution in [2.24, 2.45) is 0 Å². The lowest BCUT2D eigenvalue weighted by molar-refractivity contribution is 0.0690. The van der Waals surface area contributed by atoms with Crippen molar-refractivity contribution in [1.29, 1.82) is 0 Å². The first-order chi connectivity index (χ1) is 10.2. The van der Waals surface area contributed by atoms with Gasteiger partial charge in [-0.05, 0) is 18.2 Å². The second kappa shape index (κ2) is 5.57. The van der Waals surface area contributed by atoms with E-state index in [1.165, 1.54) is 13.2 Å². The van der Waals surface area contributed by atoms with Gasteiger partial charge in [-0.25, -0.2) is 9.78 Å². The number of aromatic nitrogens is 1. The number of ether oxygens (including phenoxy) is 2. The summed E-state index contributed by atoms with van der Waals surface area (Å²) in [5.74, 6) is -0.542. The van der Waals surface area contributed by atoms with Crippen LogP contribution in [0.3, 0.4) is 0 Å². The predicted molar refractivity (Wildman–Crippen MR) is 78.3 cm³/mol. The van der Waals surface area contributed by atoms with Crippen LogP contribution in [-0.4, -0.2) is 49.5 Å². The molecule has 1 aromatic carbocycles. The Kier molecular flexibility index (Phi) is 3.62. The molecule has 6 nitrogen and oxygen atoms in total. The number of carboxylic acids is 1. The zero-order valence-electron chi connectivity index (χ0n) is 11.7. The monoisotopic (exact) mass is 288 g/mol. The predicted octanol–water partition coefficient (Wildman–Crippen LogP) is 1.78. The van der Waals surface area contributed by atoms with Crippen molar-refractivity contribution in [1.82, 2.24) is 4.98 Å². The van der Waals surface area contributed by atoms with E-state index in [4.69, 9.17) is 14.6 Å². The molecule has 1 aliphatic rings. The van der Waals surface area contributed by atoms with Gasteiger partial charge in [0.1, 0.15) is 5.75 Å². The fourth-order valence-electron chi connectivity index (χ4n) is 2.48. The van der Waals surface area contributed by atoms with Gasteiger partial charge in [0.05, 0.1) is 25.8 Å². The average molecular weight is 288 g/mol. The van der Waals surface area contributed by atoms with Crippen molar-refractivity contribution in [2.75, 3.05) is 38.3 Å². The number of carboxylic acid groups (broad SMARTS) is 1. The minimum atomic E-state index is -1.06. The first kappa shape index (κ1) is 13.6. The fraction of sp³-hybridized carbons (Fsp3) is 0.333. The third-order valence-electron chi connectivity index (χ3n) is 3.57. The normalized spacial score (nSPS) is 15.2. The molecule has 0 bridgehead atoms. The summed E-state index contributed by atoms with van der Waals surface area (Å²) in [4.78, 5) is 17.5. The lowest BCUT2D eigenvalue weighted by Gasteiger charge is -2.29. The lowest BCUT2D eigenvalue weighted by atomic mass is 10.1. The maximum absolute atomic E-state index is 11.1. The number of hydrogen-bond acceptors (Lipinski definition) is 5. The number of nitrogens with zero attached hydrogens (tertiary/aromatic N) is 2. The van der Waals surface area contributed by atoms with Crippen molar-refractivity contribution in [3.05, 3.63) is 30.0 Å². The number of carbonyl (C=O) groups is 1. The Hall–Kier alpha value is -2.34. The molecule has 6 heteroatoms. The second-order valence-electron chi connectivity index (χ2n) is 4.82. The van der Waals surface area contributed by atoms with Crippen LogP contribution >= 0.6 is 0 Å². The van der Waals surface area contributed by atoms with E-state index in [0.29, 0.717) is 24.5 Å². The molecule has 2 heterocycles. The number of aromatic carboxylic acids is 1. The summed E-state index contributed by atoms with van der Waals surface area (Å²) in [6, 6.07) is 7.21. The highest BCUT2D eigenvalue weighted by molar-refractivity contribution is 5.94. The van der Waals surface area contributed by atoms with Crippen LogP contribution in [0.4, 0.5) is 5.69 Å². The van der Waals surface area contributed by atoms with Gasteiger partial charge in [-0.2, -0.15) is 0 Å². The molecular weight excluding hydrogens is 272 g/mol. The van der Waals surface area contributed by atoms with E-state index in [1.807, 2.05) is 18.2 Å². The minimum absolute atomic E-state index is 0.0153. The van der Waals surface area contributed by atoms with Gasteiger partial charge in [0.25, 0.3) is 0 Å². The summed E-state index contributed by atoms with van der Waals surface area (Å²) in [5.41, 5.74) is 1.66. The van der Waals surface area contributed by atoms with Crippen LogP contribution in [0, 0.1) is 0 Å². The highest BCUT2D eigenvalue weighted by Crippen LogP contribution is 2.29. The largest absolute Gasteiger partial charge is 0.496 e. The topological polar surface area (TPSA) is 71.9 Å². The lowest BCUT2D eigenvalue weighted by Crippen LogP contribution is -2.36. The zero-order chi connectivity index (χ0) is 14.8. The van der Waals surface area contributed by atoms with Gasteiger partial charge in [-0.15, -0.1) is 0 Å². The molecule has 110 valence electrons. The maximum Gasteiger partial charge on any atom is 0.354 e. The Morgan fingerprint density at radius 3 is 2.76 bits per heavy atom. The molecule has 0 radical (unpaired) electrons. The van der Waals surface area contributed by atoms with Crippen LogP contribution < -0.4 is 9.64 Å². The van der Waals surface area contributed by atoms with Crippen molar-refractivity contribution in [3.63, 3.8) is 0 Å². The first-order valence-electron chi connectivity index (χ1n) is 6.74. The first-order valence-corrected chi connectivity index (χ1v) is 6.74. The third kappa shape index (κ3) is 2.62. The van der Waals surface area contributed by atoms with E-state index in [1.54, 1.807) is 0 Å². The molecule has 1 aromatic heterocycles. The van der Waals surface area contributed by atoms with Gasteiger partial charge in [0.2, 0.25) is 0 Å². The zero-order valence-corrected chi connectivity index (χ0v) is 11.7. The summed E-state index contributed by atoms with van der Waals surface area (Å²) in [7, 11) is 1.53. The number of hydrogen-bond donors (Lipinski definition) is 1. The van der Waals surface area contributed by atoms with E-state index in [9.17, 15) is 4.79 Å². The van der Waals surface area contributed by atoms with Crippen LogP contribution in [-0.2, 0) is 4.74 Å².